The lowest BCUT2D eigenvalue weighted by Crippen LogP contribution is -2.13. The van der Waals surface area contributed by atoms with Crippen LogP contribution < -0.4 is 10.2 Å². The maximum atomic E-state index is 4.83. The van der Waals surface area contributed by atoms with Crippen molar-refractivity contribution in [2.24, 2.45) is 0 Å². The van der Waals surface area contributed by atoms with Crippen LogP contribution in [0.25, 0.3) is 10.9 Å². The molecule has 2 aromatic heterocycles. The molecule has 3 aromatic rings. The number of nitrogens with one attached hydrogen (secondary N) is 1. The first-order chi connectivity index (χ1) is 12.5. The summed E-state index contributed by atoms with van der Waals surface area (Å²) in [7, 11) is 3.93. The van der Waals surface area contributed by atoms with Crippen molar-refractivity contribution in [2.75, 3.05) is 24.3 Å². The van der Waals surface area contributed by atoms with Gasteiger partial charge in [-0.15, -0.1) is 0 Å². The molecule has 0 aliphatic heterocycles. The Morgan fingerprint density at radius 1 is 0.923 bits per heavy atom. The molecule has 1 aromatic carbocycles. The zero-order chi connectivity index (χ0) is 18.3. The highest BCUT2D eigenvalue weighted by Crippen LogP contribution is 2.30. The molecule has 134 valence electrons. The van der Waals surface area contributed by atoms with Gasteiger partial charge in [0, 0.05) is 31.2 Å². The van der Waals surface area contributed by atoms with Crippen molar-refractivity contribution in [1.82, 2.24) is 19.9 Å². The standard InChI is InChI=1S/C20H24N6/c1-12-11-17(26(3)4)23-19(21-12)25-20-22-13(2)15-10-9-14-7-5-6-8-16(14)18(15)24-20/h9-11H,5-8H2,1-4H3,(H,21,22,23,24,25). The largest absolute Gasteiger partial charge is 0.363 e. The predicted molar refractivity (Wildman–Crippen MR) is 105 cm³/mol. The molecule has 0 unspecified atom stereocenters. The van der Waals surface area contributed by atoms with E-state index in [4.69, 9.17) is 4.98 Å². The summed E-state index contributed by atoms with van der Waals surface area (Å²) in [6.45, 7) is 4.00. The highest BCUT2D eigenvalue weighted by molar-refractivity contribution is 5.86. The summed E-state index contributed by atoms with van der Waals surface area (Å²) in [6.07, 6.45) is 4.72. The third kappa shape index (κ3) is 3.07. The van der Waals surface area contributed by atoms with E-state index in [-0.39, 0.29) is 0 Å². The van der Waals surface area contributed by atoms with Gasteiger partial charge >= 0.3 is 0 Å². The molecule has 1 N–H and O–H groups in total. The van der Waals surface area contributed by atoms with Gasteiger partial charge in [0.2, 0.25) is 11.9 Å². The summed E-state index contributed by atoms with van der Waals surface area (Å²) in [5.74, 6) is 1.94. The van der Waals surface area contributed by atoms with E-state index in [1.54, 1.807) is 0 Å². The Labute approximate surface area is 153 Å². The number of rotatable bonds is 3. The van der Waals surface area contributed by atoms with E-state index >= 15 is 0 Å². The van der Waals surface area contributed by atoms with Crippen molar-refractivity contribution in [3.05, 3.63) is 40.7 Å². The smallest absolute Gasteiger partial charge is 0.231 e. The molecule has 6 nitrogen and oxygen atoms in total. The molecule has 26 heavy (non-hydrogen) atoms. The number of nitrogens with zero attached hydrogens (tertiary/aromatic N) is 5. The second kappa shape index (κ2) is 6.52. The highest BCUT2D eigenvalue weighted by Gasteiger charge is 2.16. The van der Waals surface area contributed by atoms with Crippen LogP contribution >= 0.6 is 0 Å². The van der Waals surface area contributed by atoms with Crippen molar-refractivity contribution >= 4 is 28.6 Å². The molecule has 0 saturated carbocycles. The Morgan fingerprint density at radius 3 is 2.50 bits per heavy atom. The van der Waals surface area contributed by atoms with Crippen LogP contribution in [0.4, 0.5) is 17.7 Å². The van der Waals surface area contributed by atoms with E-state index < -0.39 is 0 Å². The fraction of sp³-hybridized carbons (Fsp3) is 0.400. The Bertz CT molecular complexity index is 980. The molecule has 0 saturated heterocycles. The lowest BCUT2D eigenvalue weighted by atomic mass is 9.89. The van der Waals surface area contributed by atoms with Gasteiger partial charge in [0.1, 0.15) is 5.82 Å². The van der Waals surface area contributed by atoms with E-state index in [1.807, 2.05) is 38.9 Å². The average molecular weight is 348 g/mol. The quantitative estimate of drug-likeness (QED) is 0.778. The van der Waals surface area contributed by atoms with Crippen LogP contribution in [0.1, 0.15) is 35.4 Å². The molecular weight excluding hydrogens is 324 g/mol. The SMILES string of the molecule is Cc1cc(N(C)C)nc(Nc2nc(C)c3ccc4c(c3n2)CCCC4)n1. The number of hydrogen-bond acceptors (Lipinski definition) is 6. The minimum atomic E-state index is 0.525. The van der Waals surface area contributed by atoms with Gasteiger partial charge in [-0.2, -0.15) is 4.98 Å². The number of hydrogen-bond donors (Lipinski definition) is 1. The highest BCUT2D eigenvalue weighted by atomic mass is 15.2. The third-order valence-corrected chi connectivity index (χ3v) is 4.91. The molecule has 6 heteroatoms. The molecule has 0 atom stereocenters. The monoisotopic (exact) mass is 348 g/mol. The summed E-state index contributed by atoms with van der Waals surface area (Å²) in [5, 5.41) is 4.34. The normalized spacial score (nSPS) is 13.5. The molecule has 1 aliphatic carbocycles. The Balaban J connectivity index is 1.78. The zero-order valence-electron chi connectivity index (χ0n) is 15.8. The van der Waals surface area contributed by atoms with Gasteiger partial charge in [-0.3, -0.25) is 5.32 Å². The van der Waals surface area contributed by atoms with E-state index in [1.165, 1.54) is 24.0 Å². The Hall–Kier alpha value is -2.76. The summed E-state index contributed by atoms with van der Waals surface area (Å²) in [5.41, 5.74) is 5.75. The molecular formula is C20H24N6. The molecule has 0 spiro atoms. The van der Waals surface area contributed by atoms with Crippen LogP contribution in [-0.2, 0) is 12.8 Å². The van der Waals surface area contributed by atoms with Crippen LogP contribution in [-0.4, -0.2) is 34.0 Å². The first kappa shape index (κ1) is 16.7. The Morgan fingerprint density at radius 2 is 1.69 bits per heavy atom. The van der Waals surface area contributed by atoms with Gasteiger partial charge < -0.3 is 4.90 Å². The van der Waals surface area contributed by atoms with Gasteiger partial charge in [0.25, 0.3) is 0 Å². The Kier molecular flexibility index (Phi) is 4.18. The first-order valence-corrected chi connectivity index (χ1v) is 9.10. The van der Waals surface area contributed by atoms with E-state index in [2.05, 4.69) is 32.4 Å². The van der Waals surface area contributed by atoms with E-state index in [0.717, 1.165) is 41.0 Å². The van der Waals surface area contributed by atoms with Crippen LogP contribution in [0.15, 0.2) is 18.2 Å². The van der Waals surface area contributed by atoms with Crippen LogP contribution in [0.5, 0.6) is 0 Å². The minimum absolute atomic E-state index is 0.525. The lowest BCUT2D eigenvalue weighted by Gasteiger charge is -2.18. The van der Waals surface area contributed by atoms with Crippen LogP contribution in [0, 0.1) is 13.8 Å². The topological polar surface area (TPSA) is 66.8 Å². The summed E-state index contributed by atoms with van der Waals surface area (Å²) >= 11 is 0. The average Bonchev–Trinajstić information content (AvgIpc) is 2.61. The predicted octanol–water partition coefficient (Wildman–Crippen LogP) is 3.73. The van der Waals surface area contributed by atoms with E-state index in [0.29, 0.717) is 11.9 Å². The fourth-order valence-corrected chi connectivity index (χ4v) is 3.57. The fourth-order valence-electron chi connectivity index (χ4n) is 3.57. The van der Waals surface area contributed by atoms with Gasteiger partial charge in [0.05, 0.1) is 11.2 Å². The number of aryl methyl sites for hydroxylation is 4. The second-order valence-electron chi connectivity index (χ2n) is 7.15. The molecule has 1 aliphatic rings. The lowest BCUT2D eigenvalue weighted by molar-refractivity contribution is 0.689. The maximum Gasteiger partial charge on any atom is 0.231 e. The van der Waals surface area contributed by atoms with E-state index in [9.17, 15) is 0 Å². The van der Waals surface area contributed by atoms with Crippen molar-refractivity contribution in [1.29, 1.82) is 0 Å². The number of aromatic nitrogens is 4. The van der Waals surface area contributed by atoms with Gasteiger partial charge in [-0.1, -0.05) is 12.1 Å². The van der Waals surface area contributed by atoms with Crippen molar-refractivity contribution < 1.29 is 0 Å². The first-order valence-electron chi connectivity index (χ1n) is 9.10. The molecule has 0 fully saturated rings. The van der Waals surface area contributed by atoms with Gasteiger partial charge in [-0.25, -0.2) is 15.0 Å². The summed E-state index contributed by atoms with van der Waals surface area (Å²) < 4.78 is 0. The van der Waals surface area contributed by atoms with Gasteiger partial charge in [0.15, 0.2) is 0 Å². The van der Waals surface area contributed by atoms with Crippen molar-refractivity contribution in [3.63, 3.8) is 0 Å². The minimum Gasteiger partial charge on any atom is -0.363 e. The molecule has 4 rings (SSSR count). The van der Waals surface area contributed by atoms with Crippen molar-refractivity contribution in [2.45, 2.75) is 39.5 Å². The molecule has 0 bridgehead atoms. The van der Waals surface area contributed by atoms with Crippen LogP contribution in [0.3, 0.4) is 0 Å². The summed E-state index contributed by atoms with van der Waals surface area (Å²) in [6, 6.07) is 6.35. The van der Waals surface area contributed by atoms with Crippen LogP contribution in [0.2, 0.25) is 0 Å². The summed E-state index contributed by atoms with van der Waals surface area (Å²) in [4.78, 5) is 20.5. The molecule has 2 heterocycles. The number of fused-ring (bicyclic) bond motifs is 3. The van der Waals surface area contributed by atoms with Gasteiger partial charge in [-0.05, 0) is 50.7 Å². The zero-order valence-corrected chi connectivity index (χ0v) is 15.8. The molecule has 0 radical (unpaired) electrons. The maximum absolute atomic E-state index is 4.83. The number of anilines is 3. The molecule has 0 amide bonds. The number of benzene rings is 1. The third-order valence-electron chi connectivity index (χ3n) is 4.91. The van der Waals surface area contributed by atoms with Crippen molar-refractivity contribution in [3.8, 4) is 0 Å². The second-order valence-corrected chi connectivity index (χ2v) is 7.15.